The molecule has 0 radical (unpaired) electrons. The summed E-state index contributed by atoms with van der Waals surface area (Å²) in [5.41, 5.74) is -1.11. The van der Waals surface area contributed by atoms with Crippen LogP contribution in [0.25, 0.3) is 0 Å². The normalized spacial score (nSPS) is 14.5. The highest BCUT2D eigenvalue weighted by Gasteiger charge is 2.32. The van der Waals surface area contributed by atoms with Crippen LogP contribution in [-0.2, 0) is 16.2 Å². The van der Waals surface area contributed by atoms with Gasteiger partial charge in [-0.15, -0.1) is 0 Å². The molecule has 9 heteroatoms. The Morgan fingerprint density at radius 3 is 2.38 bits per heavy atom. The molecule has 0 bridgehead atoms. The van der Waals surface area contributed by atoms with Crippen LogP contribution >= 0.6 is 11.6 Å². The lowest BCUT2D eigenvalue weighted by atomic mass is 10.1. The van der Waals surface area contributed by atoms with E-state index < -0.39 is 32.8 Å². The van der Waals surface area contributed by atoms with Gasteiger partial charge in [0, 0.05) is 6.54 Å². The van der Waals surface area contributed by atoms with Gasteiger partial charge in [0.2, 0.25) is 10.0 Å². The van der Waals surface area contributed by atoms with E-state index in [4.69, 9.17) is 11.6 Å². The summed E-state index contributed by atoms with van der Waals surface area (Å²) in [6.07, 6.45) is -5.63. The van der Waals surface area contributed by atoms with Crippen molar-refractivity contribution in [3.63, 3.8) is 0 Å². The lowest BCUT2D eigenvalue weighted by Crippen LogP contribution is -2.35. The summed E-state index contributed by atoms with van der Waals surface area (Å²) in [6, 6.07) is 2.04. The van der Waals surface area contributed by atoms with Crippen LogP contribution in [0.2, 0.25) is 5.02 Å². The molecule has 0 heterocycles. The fourth-order valence-electron chi connectivity index (χ4n) is 1.39. The third-order valence-corrected chi connectivity index (χ3v) is 4.71. The van der Waals surface area contributed by atoms with Gasteiger partial charge in [0.1, 0.15) is 4.90 Å². The van der Waals surface area contributed by atoms with Crippen LogP contribution in [-0.4, -0.2) is 26.2 Å². The second-order valence-corrected chi connectivity index (χ2v) is 6.95. The Balaban J connectivity index is 3.08. The summed E-state index contributed by atoms with van der Waals surface area (Å²) in [5.74, 6) is -0.204. The molecule has 0 aliphatic carbocycles. The Kier molecular flexibility index (Phi) is 5.65. The summed E-state index contributed by atoms with van der Waals surface area (Å²) in [4.78, 5) is -0.671. The van der Waals surface area contributed by atoms with Crippen LogP contribution in [0, 0.1) is 5.92 Å². The predicted octanol–water partition coefficient (Wildman–Crippen LogP) is 2.65. The monoisotopic (exact) mass is 345 g/mol. The van der Waals surface area contributed by atoms with E-state index in [0.29, 0.717) is 12.1 Å². The molecular weight excluding hydrogens is 331 g/mol. The zero-order valence-electron chi connectivity index (χ0n) is 11.3. The Bertz CT molecular complexity index is 602. The molecule has 1 aromatic rings. The van der Waals surface area contributed by atoms with Gasteiger partial charge in [-0.05, 0) is 24.1 Å². The molecule has 0 saturated heterocycles. The first-order valence-electron chi connectivity index (χ1n) is 5.99. The number of aliphatic hydroxyl groups is 1. The Hall–Kier alpha value is -0.830. The summed E-state index contributed by atoms with van der Waals surface area (Å²) in [6.45, 7) is 3.04. The van der Waals surface area contributed by atoms with Gasteiger partial charge in [-0.2, -0.15) is 13.2 Å². The zero-order valence-corrected chi connectivity index (χ0v) is 12.9. The van der Waals surface area contributed by atoms with E-state index in [1.54, 1.807) is 13.8 Å². The van der Waals surface area contributed by atoms with Crippen molar-refractivity contribution in [2.75, 3.05) is 6.54 Å². The molecule has 0 fully saturated rings. The van der Waals surface area contributed by atoms with Gasteiger partial charge in [-0.3, -0.25) is 0 Å². The Morgan fingerprint density at radius 2 is 1.90 bits per heavy atom. The Labute approximate surface area is 126 Å². The van der Waals surface area contributed by atoms with Crippen molar-refractivity contribution in [1.29, 1.82) is 0 Å². The third kappa shape index (κ3) is 4.84. The fourth-order valence-corrected chi connectivity index (χ4v) is 2.97. The lowest BCUT2D eigenvalue weighted by Gasteiger charge is -2.16. The highest BCUT2D eigenvalue weighted by Crippen LogP contribution is 2.33. The molecule has 0 saturated carbocycles. The highest BCUT2D eigenvalue weighted by molar-refractivity contribution is 7.89. The molecule has 0 spiro atoms. The number of sulfonamides is 1. The molecule has 120 valence electrons. The predicted molar refractivity (Wildman–Crippen MR) is 72.5 cm³/mol. The first-order chi connectivity index (χ1) is 9.45. The number of hydrogen-bond donors (Lipinski definition) is 2. The van der Waals surface area contributed by atoms with Crippen LogP contribution in [0.4, 0.5) is 13.2 Å². The average Bonchev–Trinajstić information content (AvgIpc) is 2.34. The molecule has 21 heavy (non-hydrogen) atoms. The first kappa shape index (κ1) is 18.2. The van der Waals surface area contributed by atoms with Crippen LogP contribution in [0.15, 0.2) is 23.1 Å². The number of alkyl halides is 3. The lowest BCUT2D eigenvalue weighted by molar-refractivity contribution is -0.137. The van der Waals surface area contributed by atoms with Gasteiger partial charge in [-0.25, -0.2) is 13.1 Å². The largest absolute Gasteiger partial charge is 0.416 e. The van der Waals surface area contributed by atoms with Gasteiger partial charge in [0.15, 0.2) is 0 Å². The maximum Gasteiger partial charge on any atom is 0.416 e. The van der Waals surface area contributed by atoms with E-state index in [2.05, 4.69) is 0 Å². The molecule has 2 N–H and O–H groups in total. The molecule has 1 atom stereocenters. The van der Waals surface area contributed by atoms with Crippen molar-refractivity contribution in [3.8, 4) is 0 Å². The second kappa shape index (κ2) is 6.51. The van der Waals surface area contributed by atoms with E-state index in [1.807, 2.05) is 4.72 Å². The number of nitrogens with one attached hydrogen (secondary N) is 1. The smallest absolute Gasteiger partial charge is 0.391 e. The number of aliphatic hydroxyl groups excluding tert-OH is 1. The summed E-state index contributed by atoms with van der Waals surface area (Å²) >= 11 is 5.66. The minimum atomic E-state index is -4.67. The van der Waals surface area contributed by atoms with Gasteiger partial charge >= 0.3 is 6.18 Å². The summed E-state index contributed by atoms with van der Waals surface area (Å²) in [5, 5.41) is 9.23. The van der Waals surface area contributed by atoms with Gasteiger partial charge in [0.05, 0.1) is 16.7 Å². The van der Waals surface area contributed by atoms with Crippen molar-refractivity contribution in [3.05, 3.63) is 28.8 Å². The molecule has 0 aliphatic rings. The zero-order chi connectivity index (χ0) is 16.4. The number of hydrogen-bond acceptors (Lipinski definition) is 3. The van der Waals surface area contributed by atoms with Crippen molar-refractivity contribution >= 4 is 21.6 Å². The Morgan fingerprint density at radius 1 is 1.33 bits per heavy atom. The molecular formula is C12H15ClF3NO3S. The molecule has 4 nitrogen and oxygen atoms in total. The maximum absolute atomic E-state index is 12.6. The van der Waals surface area contributed by atoms with Crippen molar-refractivity contribution < 1.29 is 26.7 Å². The van der Waals surface area contributed by atoms with Crippen molar-refractivity contribution in [2.24, 2.45) is 5.92 Å². The summed E-state index contributed by atoms with van der Waals surface area (Å²) < 4.78 is 63.8. The number of benzene rings is 1. The molecule has 0 aromatic heterocycles. The minimum Gasteiger partial charge on any atom is -0.391 e. The molecule has 1 rings (SSSR count). The van der Waals surface area contributed by atoms with Crippen molar-refractivity contribution in [2.45, 2.75) is 31.0 Å². The first-order valence-corrected chi connectivity index (χ1v) is 7.85. The van der Waals surface area contributed by atoms with Crippen LogP contribution in [0.1, 0.15) is 19.4 Å². The van der Waals surface area contributed by atoms with Crippen LogP contribution in [0.5, 0.6) is 0 Å². The molecule has 0 aliphatic heterocycles. The highest BCUT2D eigenvalue weighted by atomic mass is 35.5. The van der Waals surface area contributed by atoms with Gasteiger partial charge in [-0.1, -0.05) is 25.4 Å². The second-order valence-electron chi connectivity index (χ2n) is 4.81. The summed E-state index contributed by atoms with van der Waals surface area (Å²) in [7, 11) is -4.24. The van der Waals surface area contributed by atoms with E-state index in [1.165, 1.54) is 0 Å². The number of rotatable bonds is 5. The molecule has 0 amide bonds. The van der Waals surface area contributed by atoms with E-state index in [9.17, 15) is 26.7 Å². The van der Waals surface area contributed by atoms with Gasteiger partial charge < -0.3 is 5.11 Å². The van der Waals surface area contributed by atoms with Gasteiger partial charge in [0.25, 0.3) is 0 Å². The van der Waals surface area contributed by atoms with Crippen molar-refractivity contribution in [1.82, 2.24) is 4.72 Å². The van der Waals surface area contributed by atoms with E-state index >= 15 is 0 Å². The quantitative estimate of drug-likeness (QED) is 0.862. The van der Waals surface area contributed by atoms with E-state index in [0.717, 1.165) is 6.07 Å². The molecule has 1 aromatic carbocycles. The standard InChI is InChI=1S/C12H15ClF3NO3S/c1-7(2)10(18)6-17-21(19,20)11-5-8(12(14,15)16)3-4-9(11)13/h3-5,7,10,17-18H,6H2,1-2H3. The minimum absolute atomic E-state index is 0.204. The average molecular weight is 346 g/mol. The third-order valence-electron chi connectivity index (χ3n) is 2.80. The fraction of sp³-hybridized carbons (Fsp3) is 0.500. The SMILES string of the molecule is CC(C)C(O)CNS(=O)(=O)c1cc(C(F)(F)F)ccc1Cl. The van der Waals surface area contributed by atoms with Crippen LogP contribution in [0.3, 0.4) is 0 Å². The maximum atomic E-state index is 12.6. The number of halogens is 4. The molecule has 1 unspecified atom stereocenters. The van der Waals surface area contributed by atoms with Crippen LogP contribution < -0.4 is 4.72 Å². The topological polar surface area (TPSA) is 66.4 Å². The van der Waals surface area contributed by atoms with E-state index in [-0.39, 0.29) is 17.5 Å².